The van der Waals surface area contributed by atoms with Crippen LogP contribution in [-0.4, -0.2) is 67.7 Å². The lowest BCUT2D eigenvalue weighted by molar-refractivity contribution is -0.145. The Morgan fingerprint density at radius 2 is 1.89 bits per heavy atom. The average molecular weight is 394 g/mol. The topological polar surface area (TPSA) is 92.0 Å². The molecule has 0 bridgehead atoms. The molecule has 28 heavy (non-hydrogen) atoms. The van der Waals surface area contributed by atoms with Crippen LogP contribution in [0, 0.1) is 5.41 Å². The zero-order valence-electron chi connectivity index (χ0n) is 17.7. The third-order valence-corrected chi connectivity index (χ3v) is 6.87. The van der Waals surface area contributed by atoms with Crippen LogP contribution in [0.1, 0.15) is 65.2 Å². The molecule has 7 nitrogen and oxygen atoms in total. The van der Waals surface area contributed by atoms with Crippen LogP contribution in [0.2, 0.25) is 0 Å². The molecule has 1 saturated heterocycles. The molecule has 0 aromatic rings. The van der Waals surface area contributed by atoms with E-state index in [0.29, 0.717) is 24.7 Å². The summed E-state index contributed by atoms with van der Waals surface area (Å²) in [5.74, 6) is 0.702. The fourth-order valence-corrected chi connectivity index (χ4v) is 5.37. The van der Waals surface area contributed by atoms with Crippen molar-refractivity contribution in [2.75, 3.05) is 32.8 Å². The third kappa shape index (κ3) is 4.98. The summed E-state index contributed by atoms with van der Waals surface area (Å²) in [6, 6.07) is 0.851. The Morgan fingerprint density at radius 3 is 2.50 bits per heavy atom. The molecule has 3 aliphatic rings. The van der Waals surface area contributed by atoms with Gasteiger partial charge in [-0.15, -0.1) is 0 Å². The van der Waals surface area contributed by atoms with E-state index in [0.717, 1.165) is 51.5 Å². The number of aliphatic imine (C=N–C) groups is 1. The second-order valence-electron chi connectivity index (χ2n) is 8.65. The van der Waals surface area contributed by atoms with Crippen LogP contribution in [-0.2, 0) is 9.53 Å². The minimum absolute atomic E-state index is 0.243. The number of amides is 1. The Labute approximate surface area is 169 Å². The molecule has 2 saturated carbocycles. The minimum atomic E-state index is -0.243. The molecule has 2 atom stereocenters. The van der Waals surface area contributed by atoms with Gasteiger partial charge in [-0.2, -0.15) is 0 Å². The monoisotopic (exact) mass is 393 g/mol. The Morgan fingerprint density at radius 1 is 1.18 bits per heavy atom. The summed E-state index contributed by atoms with van der Waals surface area (Å²) < 4.78 is 6.09. The number of nitrogens with one attached hydrogen (secondary N) is 2. The summed E-state index contributed by atoms with van der Waals surface area (Å²) in [6.07, 6.45) is 10.0. The van der Waals surface area contributed by atoms with Crippen molar-refractivity contribution in [3.63, 3.8) is 0 Å². The molecule has 1 amide bonds. The normalized spacial score (nSPS) is 28.7. The van der Waals surface area contributed by atoms with Gasteiger partial charge in [0.05, 0.1) is 12.6 Å². The molecule has 160 valence electrons. The van der Waals surface area contributed by atoms with Crippen LogP contribution in [0.15, 0.2) is 4.99 Å². The van der Waals surface area contributed by atoms with Gasteiger partial charge in [-0.05, 0) is 46.0 Å². The summed E-state index contributed by atoms with van der Waals surface area (Å²) in [5, 5.41) is 7.42. The number of hydrogen-bond acceptors (Lipinski definition) is 4. The smallest absolute Gasteiger partial charge is 0.231 e. The number of guanidine groups is 1. The van der Waals surface area contributed by atoms with Gasteiger partial charge >= 0.3 is 0 Å². The van der Waals surface area contributed by atoms with Gasteiger partial charge in [0.15, 0.2) is 5.96 Å². The van der Waals surface area contributed by atoms with Crippen molar-refractivity contribution < 1.29 is 9.53 Å². The van der Waals surface area contributed by atoms with E-state index >= 15 is 0 Å². The maximum Gasteiger partial charge on any atom is 0.231 e. The van der Waals surface area contributed by atoms with E-state index in [4.69, 9.17) is 15.5 Å². The number of hydrogen-bond donors (Lipinski definition) is 3. The molecule has 1 heterocycles. The predicted octanol–water partition coefficient (Wildman–Crippen LogP) is 1.62. The number of nitrogens with zero attached hydrogens (tertiary/aromatic N) is 2. The number of piperidine rings is 1. The van der Waals surface area contributed by atoms with Crippen LogP contribution in [0.3, 0.4) is 0 Å². The largest absolute Gasteiger partial charge is 0.378 e. The van der Waals surface area contributed by atoms with E-state index in [1.165, 1.54) is 32.1 Å². The summed E-state index contributed by atoms with van der Waals surface area (Å²) in [4.78, 5) is 18.0. The number of carbonyl (C=O) groups is 1. The van der Waals surface area contributed by atoms with Crippen molar-refractivity contribution in [2.45, 2.75) is 83.4 Å². The molecule has 1 spiro atoms. The van der Waals surface area contributed by atoms with Crippen molar-refractivity contribution in [1.29, 1.82) is 0 Å². The molecule has 0 radical (unpaired) electrons. The maximum absolute atomic E-state index is 11.1. The van der Waals surface area contributed by atoms with Gasteiger partial charge in [-0.25, -0.2) is 0 Å². The fraction of sp³-hybridized carbons (Fsp3) is 0.905. The van der Waals surface area contributed by atoms with E-state index in [1.807, 2.05) is 0 Å². The molecule has 7 heteroatoms. The molecular formula is C21H39N5O2. The van der Waals surface area contributed by atoms with E-state index in [9.17, 15) is 4.79 Å². The predicted molar refractivity (Wildman–Crippen MR) is 112 cm³/mol. The number of carbonyl (C=O) groups excluding carboxylic acids is 1. The van der Waals surface area contributed by atoms with Gasteiger partial charge in [0.2, 0.25) is 5.91 Å². The number of likely N-dealkylation sites (tertiary alicyclic amines) is 1. The lowest BCUT2D eigenvalue weighted by Gasteiger charge is -2.58. The molecule has 3 rings (SSSR count). The van der Waals surface area contributed by atoms with Crippen molar-refractivity contribution >= 4 is 11.9 Å². The van der Waals surface area contributed by atoms with Crippen LogP contribution in [0.4, 0.5) is 0 Å². The average Bonchev–Trinajstić information content (AvgIpc) is 2.69. The van der Waals surface area contributed by atoms with Crippen molar-refractivity contribution in [3.05, 3.63) is 0 Å². The number of rotatable bonds is 7. The fourth-order valence-electron chi connectivity index (χ4n) is 5.37. The number of nitrogens with two attached hydrogens (primary N) is 1. The number of primary amides is 1. The summed E-state index contributed by atoms with van der Waals surface area (Å²) >= 11 is 0. The Bertz CT molecular complexity index is 539. The highest BCUT2D eigenvalue weighted by molar-refractivity contribution is 5.80. The Hall–Kier alpha value is -1.34. The molecule has 0 aromatic heterocycles. The zero-order valence-corrected chi connectivity index (χ0v) is 17.7. The molecule has 3 fully saturated rings. The Kier molecular flexibility index (Phi) is 7.57. The lowest BCUT2D eigenvalue weighted by atomic mass is 9.55. The first-order chi connectivity index (χ1) is 13.6. The number of ether oxygens (including phenoxy) is 1. The van der Waals surface area contributed by atoms with Crippen molar-refractivity contribution in [1.82, 2.24) is 15.5 Å². The van der Waals surface area contributed by atoms with Gasteiger partial charge in [0.25, 0.3) is 0 Å². The highest BCUT2D eigenvalue weighted by Crippen LogP contribution is 2.53. The van der Waals surface area contributed by atoms with Crippen molar-refractivity contribution in [3.8, 4) is 0 Å². The van der Waals surface area contributed by atoms with Gasteiger partial charge in [-0.1, -0.05) is 19.3 Å². The zero-order chi connectivity index (χ0) is 20.0. The maximum atomic E-state index is 11.1. The van der Waals surface area contributed by atoms with E-state index < -0.39 is 0 Å². The van der Waals surface area contributed by atoms with Gasteiger partial charge in [0, 0.05) is 43.7 Å². The van der Waals surface area contributed by atoms with Crippen molar-refractivity contribution in [2.24, 2.45) is 16.1 Å². The standard InChI is InChI=1S/C21H39N5O2/c1-3-23-20(24-16-8-12-26(13-9-16)15-19(22)27)25-17-14-18(28-4-2)21(17)10-6-5-7-11-21/h16-18H,3-15H2,1-2H3,(H2,22,27)(H2,23,24,25). The van der Waals surface area contributed by atoms with Crippen LogP contribution in [0.5, 0.6) is 0 Å². The minimum Gasteiger partial charge on any atom is -0.378 e. The molecule has 2 unspecified atom stereocenters. The molecule has 0 aromatic carbocycles. The van der Waals surface area contributed by atoms with E-state index in [-0.39, 0.29) is 11.3 Å². The third-order valence-electron chi connectivity index (χ3n) is 6.87. The van der Waals surface area contributed by atoms with Gasteiger partial charge in [0.1, 0.15) is 0 Å². The van der Waals surface area contributed by atoms with Crippen LogP contribution >= 0.6 is 0 Å². The summed E-state index contributed by atoms with van der Waals surface area (Å²) in [5.41, 5.74) is 5.61. The first-order valence-electron chi connectivity index (χ1n) is 11.3. The second kappa shape index (κ2) is 9.92. The van der Waals surface area contributed by atoms with E-state index in [1.54, 1.807) is 0 Å². The lowest BCUT2D eigenvalue weighted by Crippen LogP contribution is -2.67. The summed E-state index contributed by atoms with van der Waals surface area (Å²) in [7, 11) is 0. The van der Waals surface area contributed by atoms with E-state index in [2.05, 4.69) is 29.4 Å². The molecule has 2 aliphatic carbocycles. The molecule has 1 aliphatic heterocycles. The van der Waals surface area contributed by atoms with Gasteiger partial charge in [-0.3, -0.25) is 14.7 Å². The highest BCUT2D eigenvalue weighted by atomic mass is 16.5. The highest BCUT2D eigenvalue weighted by Gasteiger charge is 2.55. The first-order valence-corrected chi connectivity index (χ1v) is 11.3. The SMILES string of the molecule is CCN=C(NC1CCN(CC(N)=O)CC1)NC1CC(OCC)C12CCCCC2. The second-order valence-corrected chi connectivity index (χ2v) is 8.65. The first kappa shape index (κ1) is 21.4. The van der Waals surface area contributed by atoms with Gasteiger partial charge < -0.3 is 21.1 Å². The van der Waals surface area contributed by atoms with Crippen LogP contribution in [0.25, 0.3) is 0 Å². The van der Waals surface area contributed by atoms with Crippen LogP contribution < -0.4 is 16.4 Å². The molecule has 4 N–H and O–H groups in total. The summed E-state index contributed by atoms with van der Waals surface area (Å²) in [6.45, 7) is 7.93. The molecular weight excluding hydrogens is 354 g/mol. The quantitative estimate of drug-likeness (QED) is 0.452. The Balaban J connectivity index is 1.55.